The van der Waals surface area contributed by atoms with E-state index in [9.17, 15) is 4.39 Å². The summed E-state index contributed by atoms with van der Waals surface area (Å²) >= 11 is 0. The Morgan fingerprint density at radius 3 is 2.58 bits per heavy atom. The van der Waals surface area contributed by atoms with E-state index in [1.165, 1.54) is 11.6 Å². The second-order valence-corrected chi connectivity index (χ2v) is 5.76. The Hall–Kier alpha value is -2.43. The summed E-state index contributed by atoms with van der Waals surface area (Å²) in [7, 11) is 0. The Balaban J connectivity index is 1.90. The number of pyridine rings is 1. The van der Waals surface area contributed by atoms with Gasteiger partial charge in [-0.3, -0.25) is 4.98 Å². The number of aromatic nitrogens is 1. The number of halogens is 1. The average Bonchev–Trinajstić information content (AvgIpc) is 2.57. The van der Waals surface area contributed by atoms with Crippen LogP contribution in [0.1, 0.15) is 29.3 Å². The fourth-order valence-corrected chi connectivity index (χ4v) is 2.29. The highest BCUT2D eigenvalue weighted by Crippen LogP contribution is 2.10. The third-order valence-electron chi connectivity index (χ3n) is 3.67. The maximum Gasteiger partial charge on any atom is 0.191 e. The first-order valence-electron chi connectivity index (χ1n) is 8.27. The van der Waals surface area contributed by atoms with Gasteiger partial charge in [0.2, 0.25) is 0 Å². The van der Waals surface area contributed by atoms with Gasteiger partial charge in [-0.1, -0.05) is 18.2 Å². The van der Waals surface area contributed by atoms with E-state index in [0.29, 0.717) is 12.1 Å². The first kappa shape index (κ1) is 17.9. The Morgan fingerprint density at radius 1 is 1.12 bits per heavy atom. The normalized spacial score (nSPS) is 11.4. The van der Waals surface area contributed by atoms with Crippen LogP contribution in [-0.2, 0) is 13.0 Å². The van der Waals surface area contributed by atoms with E-state index in [1.54, 1.807) is 13.0 Å². The summed E-state index contributed by atoms with van der Waals surface area (Å²) in [5.74, 6) is 0.582. The summed E-state index contributed by atoms with van der Waals surface area (Å²) in [6.07, 6.45) is 2.79. The molecule has 0 saturated heterocycles. The topological polar surface area (TPSA) is 49.3 Å². The third kappa shape index (κ3) is 5.65. The summed E-state index contributed by atoms with van der Waals surface area (Å²) < 4.78 is 13.3. The highest BCUT2D eigenvalue weighted by Gasteiger charge is 2.01. The van der Waals surface area contributed by atoms with E-state index in [0.717, 1.165) is 36.7 Å². The smallest absolute Gasteiger partial charge is 0.191 e. The molecule has 0 amide bonds. The number of benzene rings is 1. The van der Waals surface area contributed by atoms with Crippen LogP contribution in [-0.4, -0.2) is 24.0 Å². The first-order valence-corrected chi connectivity index (χ1v) is 8.27. The van der Waals surface area contributed by atoms with Crippen molar-refractivity contribution < 1.29 is 4.39 Å². The van der Waals surface area contributed by atoms with Crippen molar-refractivity contribution in [3.63, 3.8) is 0 Å². The summed E-state index contributed by atoms with van der Waals surface area (Å²) in [6, 6.07) is 9.21. The van der Waals surface area contributed by atoms with Gasteiger partial charge in [0, 0.05) is 25.0 Å². The van der Waals surface area contributed by atoms with E-state index in [-0.39, 0.29) is 5.82 Å². The molecule has 0 bridgehead atoms. The van der Waals surface area contributed by atoms with Crippen molar-refractivity contribution >= 4 is 5.96 Å². The molecule has 1 aromatic carbocycles. The van der Waals surface area contributed by atoms with Crippen molar-refractivity contribution in [1.82, 2.24) is 15.6 Å². The molecule has 0 atom stereocenters. The van der Waals surface area contributed by atoms with E-state index in [1.807, 2.05) is 32.2 Å². The Bertz CT molecular complexity index is 680. The molecule has 1 aromatic heterocycles. The minimum Gasteiger partial charge on any atom is -0.357 e. The molecule has 0 radical (unpaired) electrons. The van der Waals surface area contributed by atoms with E-state index < -0.39 is 0 Å². The highest BCUT2D eigenvalue weighted by molar-refractivity contribution is 5.79. The van der Waals surface area contributed by atoms with Gasteiger partial charge in [-0.2, -0.15) is 0 Å². The van der Waals surface area contributed by atoms with Gasteiger partial charge in [0.25, 0.3) is 0 Å². The minimum absolute atomic E-state index is 0.181. The standard InChI is InChI=1S/C19H25FN4/c1-4-21-19(22-10-9-16-6-5-15(3)23-12-16)24-13-17-7-8-18(20)14(2)11-17/h5-8,11-12H,4,9-10,13H2,1-3H3,(H2,21,22,24). The second kappa shape index (κ2) is 9.01. The monoisotopic (exact) mass is 328 g/mol. The van der Waals surface area contributed by atoms with Gasteiger partial charge in [0.15, 0.2) is 5.96 Å². The first-order chi connectivity index (χ1) is 11.6. The second-order valence-electron chi connectivity index (χ2n) is 5.76. The van der Waals surface area contributed by atoms with Crippen molar-refractivity contribution in [2.24, 2.45) is 4.99 Å². The lowest BCUT2D eigenvalue weighted by Gasteiger charge is -2.11. The van der Waals surface area contributed by atoms with Crippen LogP contribution >= 0.6 is 0 Å². The molecule has 0 aliphatic heterocycles. The predicted molar refractivity (Wildman–Crippen MR) is 96.6 cm³/mol. The number of hydrogen-bond acceptors (Lipinski definition) is 2. The quantitative estimate of drug-likeness (QED) is 0.633. The molecule has 0 fully saturated rings. The van der Waals surface area contributed by atoms with Crippen molar-refractivity contribution in [2.45, 2.75) is 33.7 Å². The van der Waals surface area contributed by atoms with Crippen LogP contribution in [0.2, 0.25) is 0 Å². The van der Waals surface area contributed by atoms with Gasteiger partial charge in [-0.25, -0.2) is 9.38 Å². The number of rotatable bonds is 6. The van der Waals surface area contributed by atoms with Crippen molar-refractivity contribution in [3.05, 3.63) is 64.7 Å². The summed E-state index contributed by atoms with van der Waals surface area (Å²) in [5.41, 5.74) is 3.86. The third-order valence-corrected chi connectivity index (χ3v) is 3.67. The Labute approximate surface area is 143 Å². The van der Waals surface area contributed by atoms with Gasteiger partial charge in [-0.15, -0.1) is 0 Å². The Morgan fingerprint density at radius 2 is 1.92 bits per heavy atom. The lowest BCUT2D eigenvalue weighted by Crippen LogP contribution is -2.38. The molecule has 1 heterocycles. The molecular weight excluding hydrogens is 303 g/mol. The molecule has 2 aromatic rings. The van der Waals surface area contributed by atoms with Crippen LogP contribution in [0.25, 0.3) is 0 Å². The Kier molecular flexibility index (Phi) is 6.73. The van der Waals surface area contributed by atoms with Crippen molar-refractivity contribution in [2.75, 3.05) is 13.1 Å². The lowest BCUT2D eigenvalue weighted by atomic mass is 10.1. The number of nitrogens with zero attached hydrogens (tertiary/aromatic N) is 2. The maximum absolute atomic E-state index is 13.3. The van der Waals surface area contributed by atoms with Gasteiger partial charge in [-0.05, 0) is 56.0 Å². The van der Waals surface area contributed by atoms with Crippen molar-refractivity contribution in [3.8, 4) is 0 Å². The van der Waals surface area contributed by atoms with E-state index in [4.69, 9.17) is 0 Å². The largest absolute Gasteiger partial charge is 0.357 e. The summed E-state index contributed by atoms with van der Waals surface area (Å²) in [4.78, 5) is 8.86. The molecule has 0 saturated carbocycles. The average molecular weight is 328 g/mol. The molecule has 4 nitrogen and oxygen atoms in total. The maximum atomic E-state index is 13.3. The highest BCUT2D eigenvalue weighted by atomic mass is 19.1. The van der Waals surface area contributed by atoms with Crippen LogP contribution < -0.4 is 10.6 Å². The molecule has 24 heavy (non-hydrogen) atoms. The molecule has 2 rings (SSSR count). The predicted octanol–water partition coefficient (Wildman–Crippen LogP) is 3.14. The molecule has 0 unspecified atom stereocenters. The van der Waals surface area contributed by atoms with Crippen LogP contribution in [0, 0.1) is 19.7 Å². The number of nitrogens with one attached hydrogen (secondary N) is 2. The minimum atomic E-state index is -0.181. The number of guanidine groups is 1. The van der Waals surface area contributed by atoms with Crippen LogP contribution in [0.4, 0.5) is 4.39 Å². The van der Waals surface area contributed by atoms with Gasteiger partial charge < -0.3 is 10.6 Å². The molecule has 0 spiro atoms. The fraction of sp³-hybridized carbons (Fsp3) is 0.368. The SMILES string of the molecule is CCNC(=NCc1ccc(F)c(C)c1)NCCc1ccc(C)nc1. The van der Waals surface area contributed by atoms with E-state index in [2.05, 4.69) is 26.7 Å². The van der Waals surface area contributed by atoms with Crippen LogP contribution in [0.3, 0.4) is 0 Å². The van der Waals surface area contributed by atoms with Crippen molar-refractivity contribution in [1.29, 1.82) is 0 Å². The molecule has 128 valence electrons. The number of aliphatic imine (C=N–C) groups is 1. The molecule has 0 aliphatic rings. The number of aryl methyl sites for hydroxylation is 2. The number of hydrogen-bond donors (Lipinski definition) is 2. The van der Waals surface area contributed by atoms with E-state index >= 15 is 0 Å². The molecule has 2 N–H and O–H groups in total. The van der Waals surface area contributed by atoms with Gasteiger partial charge in [0.1, 0.15) is 5.82 Å². The fourth-order valence-electron chi connectivity index (χ4n) is 2.29. The zero-order valence-electron chi connectivity index (χ0n) is 14.6. The summed E-state index contributed by atoms with van der Waals surface area (Å²) in [5, 5.41) is 6.54. The zero-order valence-corrected chi connectivity index (χ0v) is 14.6. The lowest BCUT2D eigenvalue weighted by molar-refractivity contribution is 0.617. The summed E-state index contributed by atoms with van der Waals surface area (Å²) in [6.45, 7) is 7.86. The molecule has 5 heteroatoms. The zero-order chi connectivity index (χ0) is 17.4. The van der Waals surface area contributed by atoms with Crippen LogP contribution in [0.15, 0.2) is 41.5 Å². The van der Waals surface area contributed by atoms with Gasteiger partial charge in [0.05, 0.1) is 6.54 Å². The molecular formula is C19H25FN4. The molecule has 0 aliphatic carbocycles. The van der Waals surface area contributed by atoms with Crippen LogP contribution in [0.5, 0.6) is 0 Å². The van der Waals surface area contributed by atoms with Gasteiger partial charge >= 0.3 is 0 Å².